The summed E-state index contributed by atoms with van der Waals surface area (Å²) >= 11 is 3.09. The molecule has 0 aliphatic carbocycles. The Morgan fingerprint density at radius 3 is 2.42 bits per heavy atom. The van der Waals surface area contributed by atoms with Gasteiger partial charge in [-0.15, -0.1) is 0 Å². The van der Waals surface area contributed by atoms with Gasteiger partial charge in [0.25, 0.3) is 0 Å². The van der Waals surface area contributed by atoms with Crippen LogP contribution in [0.4, 0.5) is 0 Å². The van der Waals surface area contributed by atoms with Gasteiger partial charge in [-0.2, -0.15) is 0 Å². The van der Waals surface area contributed by atoms with Crippen LogP contribution >= 0.6 is 15.9 Å². The number of sulfone groups is 1. The lowest BCUT2D eigenvalue weighted by Gasteiger charge is -2.07. The van der Waals surface area contributed by atoms with Crippen molar-refractivity contribution in [3.8, 4) is 0 Å². The van der Waals surface area contributed by atoms with E-state index in [0.717, 1.165) is 6.26 Å². The van der Waals surface area contributed by atoms with Crippen LogP contribution in [0.3, 0.4) is 0 Å². The number of rotatable bonds is 4. The first kappa shape index (κ1) is 11.9. The molecule has 0 aromatic carbocycles. The Labute approximate surface area is 80.3 Å². The van der Waals surface area contributed by atoms with Crippen molar-refractivity contribution >= 4 is 31.7 Å². The van der Waals surface area contributed by atoms with Crippen LogP contribution in [-0.4, -0.2) is 37.8 Å². The van der Waals surface area contributed by atoms with Crippen LogP contribution in [-0.2, 0) is 19.4 Å². The molecule has 0 heterocycles. The predicted molar refractivity (Wildman–Crippen MR) is 49.1 cm³/mol. The van der Waals surface area contributed by atoms with E-state index in [-0.39, 0.29) is 17.2 Å². The number of hydrogen-bond acceptors (Lipinski definition) is 4. The van der Waals surface area contributed by atoms with Crippen LogP contribution in [0.1, 0.15) is 6.92 Å². The van der Waals surface area contributed by atoms with Crippen molar-refractivity contribution < 1.29 is 17.9 Å². The molecule has 0 fully saturated rings. The van der Waals surface area contributed by atoms with Gasteiger partial charge in [-0.1, -0.05) is 15.9 Å². The molecule has 0 aromatic rings. The summed E-state index contributed by atoms with van der Waals surface area (Å²) in [5.41, 5.74) is 0. The SMILES string of the molecule is CC(=O)OCC(Br)CS(C)(=O)=O. The first-order valence-corrected chi connectivity index (χ1v) is 6.24. The van der Waals surface area contributed by atoms with Crippen molar-refractivity contribution in [3.05, 3.63) is 0 Å². The summed E-state index contributed by atoms with van der Waals surface area (Å²) < 4.78 is 26.0. The van der Waals surface area contributed by atoms with Crippen LogP contribution in [0.15, 0.2) is 0 Å². The molecule has 0 radical (unpaired) electrons. The average Bonchev–Trinajstić information content (AvgIpc) is 1.79. The minimum Gasteiger partial charge on any atom is -0.465 e. The van der Waals surface area contributed by atoms with Gasteiger partial charge in [0.1, 0.15) is 16.4 Å². The second kappa shape index (κ2) is 4.81. The minimum atomic E-state index is -3.01. The number of hydrogen-bond donors (Lipinski definition) is 0. The second-order valence-electron chi connectivity index (χ2n) is 2.49. The Morgan fingerprint density at radius 1 is 1.58 bits per heavy atom. The van der Waals surface area contributed by atoms with Crippen molar-refractivity contribution in [1.29, 1.82) is 0 Å². The fourth-order valence-electron chi connectivity index (χ4n) is 0.584. The number of esters is 1. The van der Waals surface area contributed by atoms with Crippen LogP contribution in [0.5, 0.6) is 0 Å². The van der Waals surface area contributed by atoms with E-state index in [9.17, 15) is 13.2 Å². The Morgan fingerprint density at radius 2 is 2.08 bits per heavy atom. The number of alkyl halides is 1. The van der Waals surface area contributed by atoms with Crippen LogP contribution < -0.4 is 0 Å². The van der Waals surface area contributed by atoms with Crippen molar-refractivity contribution in [1.82, 2.24) is 0 Å². The van der Waals surface area contributed by atoms with Crippen molar-refractivity contribution in [3.63, 3.8) is 0 Å². The summed E-state index contributed by atoms with van der Waals surface area (Å²) in [5, 5.41) is 0. The molecule has 0 aliphatic heterocycles. The summed E-state index contributed by atoms with van der Waals surface area (Å²) in [6.45, 7) is 1.36. The lowest BCUT2D eigenvalue weighted by atomic mass is 10.5. The number of halogens is 1. The van der Waals surface area contributed by atoms with Crippen LogP contribution in [0.25, 0.3) is 0 Å². The molecular weight excluding hydrogens is 248 g/mol. The maximum Gasteiger partial charge on any atom is 0.302 e. The third-order valence-corrected chi connectivity index (χ3v) is 2.98. The molecule has 4 nitrogen and oxygen atoms in total. The average molecular weight is 259 g/mol. The summed E-state index contributed by atoms with van der Waals surface area (Å²) in [4.78, 5) is 10.00. The van der Waals surface area contributed by atoms with E-state index in [1.165, 1.54) is 6.92 Å². The summed E-state index contributed by atoms with van der Waals surface area (Å²) in [6, 6.07) is 0. The lowest BCUT2D eigenvalue weighted by molar-refractivity contribution is -0.140. The van der Waals surface area contributed by atoms with Gasteiger partial charge in [0, 0.05) is 13.2 Å². The highest BCUT2D eigenvalue weighted by atomic mass is 79.9. The van der Waals surface area contributed by atoms with E-state index < -0.39 is 15.8 Å². The summed E-state index contributed by atoms with van der Waals surface area (Å²) in [5.74, 6) is -0.437. The second-order valence-corrected chi connectivity index (χ2v) is 5.97. The third kappa shape index (κ3) is 8.00. The van der Waals surface area contributed by atoms with Gasteiger partial charge >= 0.3 is 5.97 Å². The molecule has 0 amide bonds. The zero-order chi connectivity index (χ0) is 9.78. The standard InChI is InChI=1S/C6H11BrO4S/c1-5(8)11-3-6(7)4-12(2,9)10/h6H,3-4H2,1-2H3. The van der Waals surface area contributed by atoms with E-state index >= 15 is 0 Å². The highest BCUT2D eigenvalue weighted by Crippen LogP contribution is 2.03. The molecule has 0 spiro atoms. The van der Waals surface area contributed by atoms with E-state index in [2.05, 4.69) is 20.7 Å². The first-order chi connectivity index (χ1) is 5.31. The molecule has 0 aromatic heterocycles. The molecule has 0 N–H and O–H groups in total. The maximum absolute atomic E-state index is 10.7. The molecular formula is C6H11BrO4S. The molecule has 1 unspecified atom stereocenters. The highest BCUT2D eigenvalue weighted by Gasteiger charge is 2.12. The van der Waals surface area contributed by atoms with Gasteiger partial charge in [-0.25, -0.2) is 8.42 Å². The summed E-state index contributed by atoms with van der Waals surface area (Å²) in [6.07, 6.45) is 1.13. The van der Waals surface area contributed by atoms with Crippen molar-refractivity contribution in [2.45, 2.75) is 11.8 Å². The topological polar surface area (TPSA) is 60.4 Å². The third-order valence-electron chi connectivity index (χ3n) is 0.951. The Kier molecular flexibility index (Phi) is 4.77. The molecule has 1 atom stereocenters. The molecule has 72 valence electrons. The van der Waals surface area contributed by atoms with Gasteiger partial charge < -0.3 is 4.74 Å². The molecule has 0 aliphatic rings. The zero-order valence-corrected chi connectivity index (χ0v) is 9.31. The minimum absolute atomic E-state index is 0.0275. The van der Waals surface area contributed by atoms with Gasteiger partial charge in [0.2, 0.25) is 0 Å². The highest BCUT2D eigenvalue weighted by molar-refractivity contribution is 9.09. The van der Waals surface area contributed by atoms with E-state index in [1.807, 2.05) is 0 Å². The van der Waals surface area contributed by atoms with Crippen molar-refractivity contribution in [2.24, 2.45) is 0 Å². The molecule has 0 saturated carbocycles. The predicted octanol–water partition coefficient (Wildman–Crippen LogP) is 0.358. The quantitative estimate of drug-likeness (QED) is 0.540. The van der Waals surface area contributed by atoms with Gasteiger partial charge in [0.05, 0.1) is 10.6 Å². The maximum atomic E-state index is 10.7. The zero-order valence-electron chi connectivity index (χ0n) is 6.91. The van der Waals surface area contributed by atoms with Gasteiger partial charge in [-0.3, -0.25) is 4.79 Å². The van der Waals surface area contributed by atoms with Gasteiger partial charge in [-0.05, 0) is 0 Å². The molecule has 12 heavy (non-hydrogen) atoms. The first-order valence-electron chi connectivity index (χ1n) is 3.26. The lowest BCUT2D eigenvalue weighted by Crippen LogP contribution is -2.20. The van der Waals surface area contributed by atoms with Crippen molar-refractivity contribution in [2.75, 3.05) is 18.6 Å². The van der Waals surface area contributed by atoms with Crippen LogP contribution in [0.2, 0.25) is 0 Å². The molecule has 6 heteroatoms. The van der Waals surface area contributed by atoms with Gasteiger partial charge in [0.15, 0.2) is 0 Å². The van der Waals surface area contributed by atoms with Crippen LogP contribution in [0, 0.1) is 0 Å². The van der Waals surface area contributed by atoms with E-state index in [0.29, 0.717) is 0 Å². The molecule has 0 rings (SSSR count). The number of carbonyl (C=O) groups is 1. The molecule has 0 bridgehead atoms. The fraction of sp³-hybridized carbons (Fsp3) is 0.833. The summed E-state index contributed by atoms with van der Waals surface area (Å²) in [7, 11) is -3.01. The van der Waals surface area contributed by atoms with E-state index in [1.54, 1.807) is 0 Å². The number of ether oxygens (including phenoxy) is 1. The smallest absolute Gasteiger partial charge is 0.302 e. The largest absolute Gasteiger partial charge is 0.465 e. The molecule has 0 saturated heterocycles. The Bertz CT molecular complexity index is 246. The Balaban J connectivity index is 3.75. The fourth-order valence-corrected chi connectivity index (χ4v) is 2.91. The monoisotopic (exact) mass is 258 g/mol. The Hall–Kier alpha value is -0.100. The normalized spacial score (nSPS) is 13.9. The van der Waals surface area contributed by atoms with E-state index in [4.69, 9.17) is 0 Å². The number of carbonyl (C=O) groups excluding carboxylic acids is 1.